The van der Waals surface area contributed by atoms with Crippen LogP contribution in [0.2, 0.25) is 0 Å². The van der Waals surface area contributed by atoms with E-state index >= 15 is 0 Å². The van der Waals surface area contributed by atoms with Gasteiger partial charge in [0.15, 0.2) is 11.6 Å². The number of piperidine rings is 1. The Bertz CT molecular complexity index is 1150. The number of nitrogens with zero attached hydrogens (tertiary/aromatic N) is 2. The molecule has 0 radical (unpaired) electrons. The number of alkyl halides is 3. The number of halogens is 3. The van der Waals surface area contributed by atoms with Crippen LogP contribution in [0.15, 0.2) is 48.5 Å². The van der Waals surface area contributed by atoms with Crippen LogP contribution in [0.1, 0.15) is 98.1 Å². The van der Waals surface area contributed by atoms with Crippen LogP contribution in [-0.2, 0) is 6.42 Å². The largest absolute Gasteiger partial charge is 0.393 e. The van der Waals surface area contributed by atoms with Gasteiger partial charge in [0.2, 0.25) is 0 Å². The van der Waals surface area contributed by atoms with E-state index in [0.717, 1.165) is 70.4 Å². The minimum absolute atomic E-state index is 0.0124. The molecule has 7 heteroatoms. The molecular formula is C35H49F3N2O2. The molecule has 0 spiro atoms. The van der Waals surface area contributed by atoms with E-state index in [0.29, 0.717) is 17.9 Å². The third kappa shape index (κ3) is 10.0. The van der Waals surface area contributed by atoms with Crippen molar-refractivity contribution >= 4 is 11.6 Å². The van der Waals surface area contributed by atoms with E-state index in [1.165, 1.54) is 36.2 Å². The highest BCUT2D eigenvalue weighted by Gasteiger charge is 2.50. The van der Waals surface area contributed by atoms with Crippen molar-refractivity contribution in [1.29, 1.82) is 0 Å². The quantitative estimate of drug-likeness (QED) is 0.235. The smallest absolute Gasteiger partial charge is 0.303 e. The summed E-state index contributed by atoms with van der Waals surface area (Å²) in [7, 11) is 0. The number of benzene rings is 2. The van der Waals surface area contributed by atoms with E-state index < -0.39 is 18.0 Å². The van der Waals surface area contributed by atoms with Gasteiger partial charge in [-0.1, -0.05) is 88.2 Å². The highest BCUT2D eigenvalue weighted by molar-refractivity contribution is 6.02. The number of carbonyl (C=O) groups is 2. The fraction of sp³-hybridized carbons (Fsp3) is 0.600. The van der Waals surface area contributed by atoms with Crippen LogP contribution in [-0.4, -0.2) is 66.8 Å². The molecule has 232 valence electrons. The summed E-state index contributed by atoms with van der Waals surface area (Å²) >= 11 is 0. The molecule has 1 saturated carbocycles. The average molecular weight is 587 g/mol. The van der Waals surface area contributed by atoms with Crippen LogP contribution in [0.25, 0.3) is 0 Å². The van der Waals surface area contributed by atoms with Gasteiger partial charge in [-0.15, -0.1) is 0 Å². The van der Waals surface area contributed by atoms with Crippen molar-refractivity contribution in [3.8, 4) is 0 Å². The molecule has 4 nitrogen and oxygen atoms in total. The maximum atomic E-state index is 12.7. The molecule has 0 bridgehead atoms. The van der Waals surface area contributed by atoms with E-state index in [1.807, 2.05) is 38.1 Å². The number of aryl methyl sites for hydroxylation is 1. The van der Waals surface area contributed by atoms with Crippen molar-refractivity contribution in [3.63, 3.8) is 0 Å². The third-order valence-electron chi connectivity index (χ3n) is 8.47. The first-order chi connectivity index (χ1) is 19.8. The van der Waals surface area contributed by atoms with Crippen molar-refractivity contribution in [2.45, 2.75) is 85.7 Å². The summed E-state index contributed by atoms with van der Waals surface area (Å²) in [6.45, 7) is 16.0. The first kappa shape index (κ1) is 34.0. The lowest BCUT2D eigenvalue weighted by Crippen LogP contribution is -2.41. The molecular weight excluding hydrogens is 537 g/mol. The predicted molar refractivity (Wildman–Crippen MR) is 164 cm³/mol. The minimum atomic E-state index is -4.22. The molecule has 2 aromatic rings. The first-order valence-electron chi connectivity index (χ1n) is 15.6. The second-order valence-corrected chi connectivity index (χ2v) is 12.9. The molecule has 1 saturated heterocycles. The normalized spacial score (nSPS) is 17.0. The molecule has 1 aliphatic heterocycles. The molecule has 42 heavy (non-hydrogen) atoms. The predicted octanol–water partition coefficient (Wildman–Crippen LogP) is 8.18. The summed E-state index contributed by atoms with van der Waals surface area (Å²) in [5.74, 6) is 0.337. The zero-order valence-corrected chi connectivity index (χ0v) is 26.2. The summed E-state index contributed by atoms with van der Waals surface area (Å²) in [5, 5.41) is 0. The lowest BCUT2D eigenvalue weighted by Gasteiger charge is -2.34. The topological polar surface area (TPSA) is 40.6 Å². The molecule has 1 aliphatic carbocycles. The fourth-order valence-electron chi connectivity index (χ4n) is 5.86. The van der Waals surface area contributed by atoms with Crippen LogP contribution in [0.4, 0.5) is 13.2 Å². The molecule has 1 heterocycles. The van der Waals surface area contributed by atoms with E-state index in [-0.39, 0.29) is 16.8 Å². The molecule has 2 fully saturated rings. The second kappa shape index (κ2) is 14.8. The number of hydrogen-bond acceptors (Lipinski definition) is 4. The number of carbonyl (C=O) groups excluding carboxylic acids is 2. The van der Waals surface area contributed by atoms with E-state index in [2.05, 4.69) is 30.6 Å². The molecule has 2 aromatic carbocycles. The van der Waals surface area contributed by atoms with Gasteiger partial charge in [0.25, 0.3) is 0 Å². The van der Waals surface area contributed by atoms with Gasteiger partial charge < -0.3 is 9.80 Å². The Labute approximate surface area is 250 Å². The van der Waals surface area contributed by atoms with Gasteiger partial charge in [-0.3, -0.25) is 9.59 Å². The zero-order chi connectivity index (χ0) is 31.0. The van der Waals surface area contributed by atoms with Crippen molar-refractivity contribution < 1.29 is 22.8 Å². The van der Waals surface area contributed by atoms with Crippen molar-refractivity contribution in [2.75, 3.05) is 39.3 Å². The van der Waals surface area contributed by atoms with Gasteiger partial charge in [0.1, 0.15) is 0 Å². The summed E-state index contributed by atoms with van der Waals surface area (Å²) in [5.41, 5.74) is 2.14. The fourth-order valence-corrected chi connectivity index (χ4v) is 5.86. The number of rotatable bonds is 12. The average Bonchev–Trinajstić information content (AvgIpc) is 3.73. The Hall–Kier alpha value is -2.51. The maximum absolute atomic E-state index is 12.7. The van der Waals surface area contributed by atoms with E-state index in [9.17, 15) is 22.8 Å². The number of likely N-dealkylation sites (tertiary alicyclic amines) is 1. The van der Waals surface area contributed by atoms with Gasteiger partial charge >= 0.3 is 6.18 Å². The Morgan fingerprint density at radius 1 is 0.881 bits per heavy atom. The monoisotopic (exact) mass is 586 g/mol. The van der Waals surface area contributed by atoms with Gasteiger partial charge in [-0.05, 0) is 70.8 Å². The Morgan fingerprint density at radius 3 is 1.95 bits per heavy atom. The molecule has 0 amide bonds. The zero-order valence-electron chi connectivity index (χ0n) is 26.2. The molecule has 0 N–H and O–H groups in total. The summed E-state index contributed by atoms with van der Waals surface area (Å²) in [6.07, 6.45) is 1.65. The molecule has 2 aliphatic rings. The Kier molecular flexibility index (Phi) is 12.0. The van der Waals surface area contributed by atoms with Gasteiger partial charge in [-0.2, -0.15) is 13.2 Å². The molecule has 4 rings (SSSR count). The van der Waals surface area contributed by atoms with E-state index in [4.69, 9.17) is 0 Å². The van der Waals surface area contributed by atoms with Crippen molar-refractivity contribution in [2.24, 2.45) is 10.8 Å². The van der Waals surface area contributed by atoms with Gasteiger partial charge in [-0.25, -0.2) is 0 Å². The minimum Gasteiger partial charge on any atom is -0.303 e. The van der Waals surface area contributed by atoms with Crippen LogP contribution < -0.4 is 0 Å². The summed E-state index contributed by atoms with van der Waals surface area (Å²) in [6, 6.07) is 13.9. The lowest BCUT2D eigenvalue weighted by atomic mass is 9.83. The van der Waals surface area contributed by atoms with E-state index in [1.54, 1.807) is 0 Å². The van der Waals surface area contributed by atoms with Crippen LogP contribution in [0, 0.1) is 17.8 Å². The highest BCUT2D eigenvalue weighted by Crippen LogP contribution is 2.49. The standard InChI is InChI=1S/C18H24F3NO.C17H25NO/c1-17(2,13-22-10-4-3-5-11-22)16(23)15-8-6-14(7-9-15)12-18(19,20)21;1-4-12-18(5-2)13-17(10-11-17)16(19)15-8-6-14(3)7-9-15/h6-9H,3-5,10-13H2,1-2H3;6-9H,4-5,10-13H2,1-3H3. The van der Waals surface area contributed by atoms with Crippen LogP contribution in [0.3, 0.4) is 0 Å². The lowest BCUT2D eigenvalue weighted by molar-refractivity contribution is -0.127. The molecule has 0 aromatic heterocycles. The number of ketones is 2. The van der Waals surface area contributed by atoms with Crippen LogP contribution in [0.5, 0.6) is 0 Å². The number of hydrogen-bond donors (Lipinski definition) is 0. The van der Waals surface area contributed by atoms with Crippen molar-refractivity contribution in [3.05, 3.63) is 70.8 Å². The summed E-state index contributed by atoms with van der Waals surface area (Å²) in [4.78, 5) is 30.1. The molecule has 0 atom stereocenters. The SMILES string of the molecule is CC(C)(CN1CCCCC1)C(=O)c1ccc(CC(F)(F)F)cc1.CCCN(CC)CC1(C(=O)c2ccc(C)cc2)CC1. The molecule has 0 unspecified atom stereocenters. The summed E-state index contributed by atoms with van der Waals surface area (Å²) < 4.78 is 37.1. The Balaban J connectivity index is 0.000000235. The third-order valence-corrected chi connectivity index (χ3v) is 8.47. The first-order valence-corrected chi connectivity index (χ1v) is 15.6. The van der Waals surface area contributed by atoms with Crippen LogP contribution >= 0.6 is 0 Å². The van der Waals surface area contributed by atoms with Gasteiger partial charge in [0, 0.05) is 35.0 Å². The number of Topliss-reactive ketones (excluding diaryl/α,β-unsaturated/α-hetero) is 2. The maximum Gasteiger partial charge on any atom is 0.393 e. The highest BCUT2D eigenvalue weighted by atomic mass is 19.4. The Morgan fingerprint density at radius 2 is 1.45 bits per heavy atom. The second-order valence-electron chi connectivity index (χ2n) is 12.9. The van der Waals surface area contributed by atoms with Crippen molar-refractivity contribution in [1.82, 2.24) is 9.80 Å². The van der Waals surface area contributed by atoms with Gasteiger partial charge in [0.05, 0.1) is 6.42 Å².